The van der Waals surface area contributed by atoms with Crippen molar-refractivity contribution in [2.45, 2.75) is 19.9 Å². The van der Waals surface area contributed by atoms with Gasteiger partial charge in [-0.25, -0.2) is 0 Å². The van der Waals surface area contributed by atoms with Crippen molar-refractivity contribution in [3.05, 3.63) is 64.8 Å². The highest BCUT2D eigenvalue weighted by Gasteiger charge is 2.22. The molecule has 1 aromatic carbocycles. The minimum absolute atomic E-state index is 0.253. The Morgan fingerprint density at radius 2 is 2.08 bits per heavy atom. The van der Waals surface area contributed by atoms with Gasteiger partial charge < -0.3 is 9.73 Å². The Kier molecular flexibility index (Phi) is 3.69. The van der Waals surface area contributed by atoms with Crippen LogP contribution in [-0.2, 0) is 0 Å². The maximum atomic E-state index is 12.7. The molecule has 0 saturated heterocycles. The number of pyridine rings is 1. The number of carbonyl (C=O) groups excluding carboxylic acids is 1. The largest absolute Gasteiger partial charge is 0.449 e. The first-order valence-corrected chi connectivity index (χ1v) is 8.22. The molecule has 0 aliphatic rings. The minimum atomic E-state index is -0.340. The Balaban J connectivity index is 1.66. The molecule has 0 spiro atoms. The van der Waals surface area contributed by atoms with E-state index in [4.69, 9.17) is 16.0 Å². The van der Waals surface area contributed by atoms with E-state index >= 15 is 0 Å². The van der Waals surface area contributed by atoms with E-state index in [9.17, 15) is 4.79 Å². The molecular weight excluding hydrogens is 340 g/mol. The van der Waals surface area contributed by atoms with E-state index in [0.29, 0.717) is 16.4 Å². The van der Waals surface area contributed by atoms with Crippen LogP contribution in [-0.4, -0.2) is 20.5 Å². The molecule has 1 N–H and O–H groups in total. The highest BCUT2D eigenvalue weighted by atomic mass is 35.5. The molecule has 0 bridgehead atoms. The number of carbonyl (C=O) groups is 1. The standard InChI is InChI=1S/C18H15ClN4O2/c1-10-12-6-5-7-13(19)16(12)25-15(10)18(24)20-11(2)17-22-21-14-8-3-4-9-23(14)17/h3-9,11H,1-2H3,(H,20,24)/t11-/m0/s1. The number of rotatable bonds is 3. The molecule has 1 atom stereocenters. The smallest absolute Gasteiger partial charge is 0.287 e. The monoisotopic (exact) mass is 354 g/mol. The van der Waals surface area contributed by atoms with Crippen LogP contribution in [0.25, 0.3) is 16.6 Å². The lowest BCUT2D eigenvalue weighted by molar-refractivity contribution is 0.0911. The number of para-hydroxylation sites is 1. The van der Waals surface area contributed by atoms with E-state index in [1.54, 1.807) is 6.07 Å². The number of amides is 1. The zero-order valence-corrected chi connectivity index (χ0v) is 14.4. The number of nitrogens with one attached hydrogen (secondary N) is 1. The second-order valence-corrected chi connectivity index (χ2v) is 6.26. The van der Waals surface area contributed by atoms with Crippen molar-refractivity contribution in [3.8, 4) is 0 Å². The van der Waals surface area contributed by atoms with Crippen LogP contribution < -0.4 is 5.32 Å². The van der Waals surface area contributed by atoms with Gasteiger partial charge in [-0.3, -0.25) is 9.20 Å². The van der Waals surface area contributed by atoms with E-state index in [1.807, 2.05) is 54.8 Å². The van der Waals surface area contributed by atoms with Gasteiger partial charge in [0.15, 0.2) is 22.8 Å². The molecule has 6 nitrogen and oxygen atoms in total. The molecule has 0 aliphatic carbocycles. The van der Waals surface area contributed by atoms with Crippen molar-refractivity contribution < 1.29 is 9.21 Å². The molecule has 25 heavy (non-hydrogen) atoms. The number of fused-ring (bicyclic) bond motifs is 2. The lowest BCUT2D eigenvalue weighted by Gasteiger charge is -2.11. The van der Waals surface area contributed by atoms with Crippen molar-refractivity contribution in [3.63, 3.8) is 0 Å². The average Bonchev–Trinajstić information content (AvgIpc) is 3.18. The predicted octanol–water partition coefficient (Wildman–Crippen LogP) is 3.93. The van der Waals surface area contributed by atoms with Gasteiger partial charge in [-0.15, -0.1) is 10.2 Å². The second kappa shape index (κ2) is 5.89. The summed E-state index contributed by atoms with van der Waals surface area (Å²) in [6.45, 7) is 3.69. The van der Waals surface area contributed by atoms with Crippen molar-refractivity contribution in [1.29, 1.82) is 0 Å². The summed E-state index contributed by atoms with van der Waals surface area (Å²) < 4.78 is 7.55. The molecule has 0 unspecified atom stereocenters. The van der Waals surface area contributed by atoms with E-state index in [0.717, 1.165) is 16.6 Å². The molecule has 0 aliphatic heterocycles. The van der Waals surface area contributed by atoms with Crippen LogP contribution in [0.1, 0.15) is 34.9 Å². The number of furan rings is 1. The summed E-state index contributed by atoms with van der Waals surface area (Å²) in [6, 6.07) is 10.7. The van der Waals surface area contributed by atoms with Crippen molar-refractivity contribution >= 4 is 34.1 Å². The Hall–Kier alpha value is -2.86. The van der Waals surface area contributed by atoms with Gasteiger partial charge in [0.25, 0.3) is 5.91 Å². The van der Waals surface area contributed by atoms with Gasteiger partial charge in [0, 0.05) is 17.1 Å². The van der Waals surface area contributed by atoms with Crippen LogP contribution >= 0.6 is 11.6 Å². The van der Waals surface area contributed by atoms with Gasteiger partial charge in [-0.2, -0.15) is 0 Å². The Morgan fingerprint density at radius 3 is 2.88 bits per heavy atom. The van der Waals surface area contributed by atoms with Crippen LogP contribution in [0.3, 0.4) is 0 Å². The van der Waals surface area contributed by atoms with Gasteiger partial charge >= 0.3 is 0 Å². The SMILES string of the molecule is Cc1c(C(=O)N[C@@H](C)c2nnc3ccccn23)oc2c(Cl)cccc12. The highest BCUT2D eigenvalue weighted by Crippen LogP contribution is 2.30. The fourth-order valence-corrected chi connectivity index (χ4v) is 3.12. The molecule has 7 heteroatoms. The fraction of sp³-hybridized carbons (Fsp3) is 0.167. The summed E-state index contributed by atoms with van der Waals surface area (Å²) in [6.07, 6.45) is 1.86. The Morgan fingerprint density at radius 1 is 1.24 bits per heavy atom. The number of halogens is 1. The molecule has 4 aromatic rings. The summed E-state index contributed by atoms with van der Waals surface area (Å²) in [5, 5.41) is 12.5. The maximum Gasteiger partial charge on any atom is 0.287 e. The highest BCUT2D eigenvalue weighted by molar-refractivity contribution is 6.35. The van der Waals surface area contributed by atoms with Crippen LogP contribution in [0.5, 0.6) is 0 Å². The van der Waals surface area contributed by atoms with Gasteiger partial charge in [0.1, 0.15) is 0 Å². The number of nitrogens with zero attached hydrogens (tertiary/aromatic N) is 3. The van der Waals surface area contributed by atoms with E-state index in [-0.39, 0.29) is 17.7 Å². The van der Waals surface area contributed by atoms with Gasteiger partial charge in [0.05, 0.1) is 11.1 Å². The van der Waals surface area contributed by atoms with Crippen molar-refractivity contribution in [2.75, 3.05) is 0 Å². The third-order valence-electron chi connectivity index (χ3n) is 4.20. The first-order chi connectivity index (χ1) is 12.1. The number of benzene rings is 1. The average molecular weight is 355 g/mol. The van der Waals surface area contributed by atoms with Crippen LogP contribution in [0.2, 0.25) is 5.02 Å². The Bertz CT molecular complexity index is 1100. The molecule has 0 saturated carbocycles. The maximum absolute atomic E-state index is 12.7. The molecule has 0 radical (unpaired) electrons. The molecule has 3 aromatic heterocycles. The van der Waals surface area contributed by atoms with E-state index in [1.165, 1.54) is 0 Å². The quantitative estimate of drug-likeness (QED) is 0.605. The lowest BCUT2D eigenvalue weighted by Crippen LogP contribution is -2.28. The van der Waals surface area contributed by atoms with Gasteiger partial charge in [0.2, 0.25) is 0 Å². The van der Waals surface area contributed by atoms with Crippen LogP contribution in [0.15, 0.2) is 47.0 Å². The third kappa shape index (κ3) is 2.55. The summed E-state index contributed by atoms with van der Waals surface area (Å²) in [4.78, 5) is 12.7. The van der Waals surface area contributed by atoms with Gasteiger partial charge in [-0.1, -0.05) is 29.8 Å². The van der Waals surface area contributed by atoms with E-state index in [2.05, 4.69) is 15.5 Å². The molecule has 1 amide bonds. The molecule has 126 valence electrons. The second-order valence-electron chi connectivity index (χ2n) is 5.85. The first-order valence-electron chi connectivity index (χ1n) is 7.84. The fourth-order valence-electron chi connectivity index (χ4n) is 2.91. The number of aryl methyl sites for hydroxylation is 1. The minimum Gasteiger partial charge on any atom is -0.449 e. The summed E-state index contributed by atoms with van der Waals surface area (Å²) in [5.74, 6) is 0.587. The summed E-state index contributed by atoms with van der Waals surface area (Å²) >= 11 is 6.15. The first kappa shape index (κ1) is 15.7. The molecular formula is C18H15ClN4O2. The Labute approximate surface area is 148 Å². The number of hydrogen-bond donors (Lipinski definition) is 1. The molecule has 4 rings (SSSR count). The normalized spacial score (nSPS) is 12.6. The van der Waals surface area contributed by atoms with Crippen LogP contribution in [0, 0.1) is 6.92 Å². The van der Waals surface area contributed by atoms with Crippen molar-refractivity contribution in [2.24, 2.45) is 0 Å². The summed E-state index contributed by atoms with van der Waals surface area (Å²) in [7, 11) is 0. The number of hydrogen-bond acceptors (Lipinski definition) is 4. The zero-order chi connectivity index (χ0) is 17.6. The topological polar surface area (TPSA) is 72.4 Å². The lowest BCUT2D eigenvalue weighted by atomic mass is 10.1. The number of aromatic nitrogens is 3. The van der Waals surface area contributed by atoms with E-state index < -0.39 is 0 Å². The summed E-state index contributed by atoms with van der Waals surface area (Å²) in [5.41, 5.74) is 2.01. The van der Waals surface area contributed by atoms with Crippen LogP contribution in [0.4, 0.5) is 0 Å². The third-order valence-corrected chi connectivity index (χ3v) is 4.49. The molecule has 3 heterocycles. The van der Waals surface area contributed by atoms with Crippen molar-refractivity contribution in [1.82, 2.24) is 19.9 Å². The van der Waals surface area contributed by atoms with Gasteiger partial charge in [-0.05, 0) is 32.0 Å². The molecule has 0 fully saturated rings. The predicted molar refractivity (Wildman–Crippen MR) is 94.8 cm³/mol. The zero-order valence-electron chi connectivity index (χ0n) is 13.7.